The van der Waals surface area contributed by atoms with Crippen molar-refractivity contribution in [1.29, 1.82) is 5.26 Å². The number of nitriles is 1. The first-order chi connectivity index (χ1) is 9.76. The molecule has 0 spiro atoms. The number of hydrogen-bond acceptors (Lipinski definition) is 3. The molecule has 0 atom stereocenters. The van der Waals surface area contributed by atoms with Crippen LogP contribution in [0.15, 0.2) is 42.5 Å². The van der Waals surface area contributed by atoms with Crippen molar-refractivity contribution in [2.75, 3.05) is 0 Å². The molecule has 0 aliphatic carbocycles. The Balaban J connectivity index is 2.19. The number of nitrogens with zero attached hydrogens (tertiary/aromatic N) is 1. The highest BCUT2D eigenvalue weighted by Crippen LogP contribution is 2.26. The van der Waals surface area contributed by atoms with E-state index in [1.165, 1.54) is 5.56 Å². The SMILES string of the molecule is CCCc1ccc(Oc2ccc(CO)cc2C#N)cc1. The maximum absolute atomic E-state index is 9.12. The lowest BCUT2D eigenvalue weighted by atomic mass is 10.1. The van der Waals surface area contributed by atoms with Crippen molar-refractivity contribution in [3.8, 4) is 17.6 Å². The number of hydrogen-bond donors (Lipinski definition) is 1. The molecule has 2 rings (SSSR count). The lowest BCUT2D eigenvalue weighted by Gasteiger charge is -2.09. The van der Waals surface area contributed by atoms with Crippen molar-refractivity contribution in [2.24, 2.45) is 0 Å². The Morgan fingerprint density at radius 1 is 1.10 bits per heavy atom. The molecule has 0 aliphatic heterocycles. The van der Waals surface area contributed by atoms with Gasteiger partial charge in [0.1, 0.15) is 17.6 Å². The first-order valence-electron chi connectivity index (χ1n) is 6.67. The van der Waals surface area contributed by atoms with E-state index in [2.05, 4.69) is 13.0 Å². The van der Waals surface area contributed by atoms with Gasteiger partial charge in [0.05, 0.1) is 12.2 Å². The van der Waals surface area contributed by atoms with E-state index in [0.717, 1.165) is 12.8 Å². The number of benzene rings is 2. The van der Waals surface area contributed by atoms with Gasteiger partial charge in [0.15, 0.2) is 0 Å². The fourth-order valence-electron chi connectivity index (χ4n) is 1.99. The Morgan fingerprint density at radius 2 is 1.80 bits per heavy atom. The predicted molar refractivity (Wildman–Crippen MR) is 77.6 cm³/mol. The quantitative estimate of drug-likeness (QED) is 0.896. The Hall–Kier alpha value is -2.31. The Morgan fingerprint density at radius 3 is 2.40 bits per heavy atom. The molecule has 2 aromatic rings. The number of aliphatic hydroxyl groups excluding tert-OH is 1. The Labute approximate surface area is 119 Å². The Kier molecular flexibility index (Phi) is 4.75. The summed E-state index contributed by atoms with van der Waals surface area (Å²) in [5.41, 5.74) is 2.40. The average Bonchev–Trinajstić information content (AvgIpc) is 2.50. The van der Waals surface area contributed by atoms with E-state index in [1.807, 2.05) is 24.3 Å². The van der Waals surface area contributed by atoms with Crippen LogP contribution >= 0.6 is 0 Å². The second kappa shape index (κ2) is 6.74. The van der Waals surface area contributed by atoms with E-state index in [-0.39, 0.29) is 6.61 Å². The van der Waals surface area contributed by atoms with Crippen LogP contribution in [0.5, 0.6) is 11.5 Å². The van der Waals surface area contributed by atoms with Crippen LogP contribution in [0.3, 0.4) is 0 Å². The number of aliphatic hydroxyl groups is 1. The monoisotopic (exact) mass is 267 g/mol. The fourth-order valence-corrected chi connectivity index (χ4v) is 1.99. The minimum atomic E-state index is -0.0827. The van der Waals surface area contributed by atoms with Crippen molar-refractivity contribution in [3.63, 3.8) is 0 Å². The molecular formula is C17H17NO2. The van der Waals surface area contributed by atoms with Crippen LogP contribution in [0.1, 0.15) is 30.0 Å². The van der Waals surface area contributed by atoms with Gasteiger partial charge in [0.25, 0.3) is 0 Å². The van der Waals surface area contributed by atoms with E-state index in [4.69, 9.17) is 15.1 Å². The highest BCUT2D eigenvalue weighted by atomic mass is 16.5. The smallest absolute Gasteiger partial charge is 0.145 e. The zero-order chi connectivity index (χ0) is 14.4. The van der Waals surface area contributed by atoms with Crippen LogP contribution in [0.4, 0.5) is 0 Å². The molecule has 3 heteroatoms. The molecule has 2 aromatic carbocycles. The Bertz CT molecular complexity index is 612. The number of rotatable bonds is 5. The van der Waals surface area contributed by atoms with Gasteiger partial charge in [-0.05, 0) is 41.8 Å². The zero-order valence-electron chi connectivity index (χ0n) is 11.5. The van der Waals surface area contributed by atoms with Gasteiger partial charge in [0, 0.05) is 0 Å². The molecule has 0 saturated heterocycles. The van der Waals surface area contributed by atoms with Gasteiger partial charge in [-0.25, -0.2) is 0 Å². The molecule has 3 nitrogen and oxygen atoms in total. The van der Waals surface area contributed by atoms with Crippen LogP contribution < -0.4 is 4.74 Å². The lowest BCUT2D eigenvalue weighted by molar-refractivity contribution is 0.281. The molecule has 0 unspecified atom stereocenters. The third-order valence-electron chi connectivity index (χ3n) is 3.04. The van der Waals surface area contributed by atoms with E-state index < -0.39 is 0 Å². The summed E-state index contributed by atoms with van der Waals surface area (Å²) < 4.78 is 5.73. The molecule has 0 heterocycles. The minimum Gasteiger partial charge on any atom is -0.456 e. The molecule has 0 aromatic heterocycles. The summed E-state index contributed by atoms with van der Waals surface area (Å²) in [6, 6.07) is 15.1. The fraction of sp³-hybridized carbons (Fsp3) is 0.235. The van der Waals surface area contributed by atoms with Crippen molar-refractivity contribution >= 4 is 0 Å². The van der Waals surface area contributed by atoms with Gasteiger partial charge >= 0.3 is 0 Å². The van der Waals surface area contributed by atoms with Crippen molar-refractivity contribution < 1.29 is 9.84 Å². The van der Waals surface area contributed by atoms with Gasteiger partial charge in [-0.3, -0.25) is 0 Å². The topological polar surface area (TPSA) is 53.2 Å². The average molecular weight is 267 g/mol. The molecule has 0 fully saturated rings. The van der Waals surface area contributed by atoms with Crippen molar-refractivity contribution in [2.45, 2.75) is 26.4 Å². The van der Waals surface area contributed by atoms with Crippen LogP contribution in [-0.4, -0.2) is 5.11 Å². The molecule has 20 heavy (non-hydrogen) atoms. The van der Waals surface area contributed by atoms with Gasteiger partial charge < -0.3 is 9.84 Å². The molecular weight excluding hydrogens is 250 g/mol. The summed E-state index contributed by atoms with van der Waals surface area (Å²) in [4.78, 5) is 0. The number of ether oxygens (including phenoxy) is 1. The summed E-state index contributed by atoms with van der Waals surface area (Å²) in [5, 5.41) is 18.2. The van der Waals surface area contributed by atoms with Gasteiger partial charge in [-0.1, -0.05) is 31.5 Å². The highest BCUT2D eigenvalue weighted by Gasteiger charge is 2.06. The first kappa shape index (κ1) is 14.1. The molecule has 0 aliphatic rings. The van der Waals surface area contributed by atoms with E-state index in [0.29, 0.717) is 22.6 Å². The normalized spacial score (nSPS) is 10.1. The molecule has 102 valence electrons. The third-order valence-corrected chi connectivity index (χ3v) is 3.04. The maximum atomic E-state index is 9.12. The zero-order valence-corrected chi connectivity index (χ0v) is 11.5. The second-order valence-corrected chi connectivity index (χ2v) is 4.60. The van der Waals surface area contributed by atoms with E-state index in [9.17, 15) is 0 Å². The maximum Gasteiger partial charge on any atom is 0.145 e. The molecule has 0 radical (unpaired) electrons. The standard InChI is InChI=1S/C17H17NO2/c1-2-3-13-4-7-16(8-5-13)20-17-9-6-14(12-19)10-15(17)11-18/h4-10,19H,2-3,12H2,1H3. The van der Waals surface area contributed by atoms with Crippen molar-refractivity contribution in [1.82, 2.24) is 0 Å². The molecule has 1 N–H and O–H groups in total. The molecule has 0 saturated carbocycles. The minimum absolute atomic E-state index is 0.0827. The van der Waals surface area contributed by atoms with E-state index >= 15 is 0 Å². The van der Waals surface area contributed by atoms with Crippen LogP contribution in [0.25, 0.3) is 0 Å². The summed E-state index contributed by atoms with van der Waals surface area (Å²) in [6.45, 7) is 2.06. The lowest BCUT2D eigenvalue weighted by Crippen LogP contribution is -1.92. The highest BCUT2D eigenvalue weighted by molar-refractivity contribution is 5.47. The van der Waals surface area contributed by atoms with Gasteiger partial charge in [-0.15, -0.1) is 0 Å². The van der Waals surface area contributed by atoms with E-state index in [1.54, 1.807) is 18.2 Å². The predicted octanol–water partition coefficient (Wildman–Crippen LogP) is 3.80. The summed E-state index contributed by atoms with van der Waals surface area (Å²) in [6.07, 6.45) is 2.16. The van der Waals surface area contributed by atoms with Crippen LogP contribution in [0, 0.1) is 11.3 Å². The summed E-state index contributed by atoms with van der Waals surface area (Å²) >= 11 is 0. The largest absolute Gasteiger partial charge is 0.456 e. The summed E-state index contributed by atoms with van der Waals surface area (Å²) in [7, 11) is 0. The van der Waals surface area contributed by atoms with Crippen LogP contribution in [0.2, 0.25) is 0 Å². The van der Waals surface area contributed by atoms with Crippen molar-refractivity contribution in [3.05, 3.63) is 59.2 Å². The summed E-state index contributed by atoms with van der Waals surface area (Å²) in [5.74, 6) is 1.21. The molecule has 0 amide bonds. The second-order valence-electron chi connectivity index (χ2n) is 4.60. The third kappa shape index (κ3) is 3.37. The molecule has 0 bridgehead atoms. The van der Waals surface area contributed by atoms with Crippen LogP contribution in [-0.2, 0) is 13.0 Å². The van der Waals surface area contributed by atoms with Gasteiger partial charge in [0.2, 0.25) is 0 Å². The number of aryl methyl sites for hydroxylation is 1. The van der Waals surface area contributed by atoms with Gasteiger partial charge in [-0.2, -0.15) is 5.26 Å². The first-order valence-corrected chi connectivity index (χ1v) is 6.67.